The highest BCUT2D eigenvalue weighted by atomic mass is 35.5. The predicted octanol–water partition coefficient (Wildman–Crippen LogP) is 5.70. The fourth-order valence-corrected chi connectivity index (χ4v) is 7.55. The molecule has 5 heterocycles. The molecule has 1 N–H and O–H groups in total. The lowest BCUT2D eigenvalue weighted by atomic mass is 9.90. The van der Waals surface area contributed by atoms with Crippen LogP contribution in [0.15, 0.2) is 31.0 Å². The Labute approximate surface area is 276 Å². The van der Waals surface area contributed by atoms with Crippen molar-refractivity contribution < 1.29 is 9.18 Å². The number of halogens is 2. The summed E-state index contributed by atoms with van der Waals surface area (Å²) in [7, 11) is 4.10. The molecule has 5 aromatic rings. The van der Waals surface area contributed by atoms with E-state index in [4.69, 9.17) is 16.6 Å². The number of H-pyrrole nitrogens is 1. The van der Waals surface area contributed by atoms with E-state index in [0.29, 0.717) is 76.4 Å². The third-order valence-corrected chi connectivity index (χ3v) is 10.7. The molecule has 0 unspecified atom stereocenters. The number of likely N-dealkylation sites (N-methyl/N-ethyl adjacent to an activating group) is 1. The first-order chi connectivity index (χ1) is 22.5. The standard InChI is InChI=1S/C34H36ClFN10O/c1-7-26(47)45-11-9-21(13-20(45)8-10-37)46-32-22-12-18(2)27(28-19(3)24(35)14-25-23(28)15-38-40-25)29(36)30(22)39-33(31(32)41-42-46)44-16-34(4,17-44)43(5)6/h7,12,14-15,20-21H,1,8-9,11,13,16-17H2,2-6H3,(H,38,40)/t20-,21+/m1/s1. The number of pyridine rings is 1. The first-order valence-electron chi connectivity index (χ1n) is 15.7. The molecule has 7 rings (SSSR count). The molecule has 11 nitrogen and oxygen atoms in total. The van der Waals surface area contributed by atoms with Crippen LogP contribution in [0.4, 0.5) is 10.2 Å². The van der Waals surface area contributed by atoms with Crippen LogP contribution in [-0.4, -0.2) is 91.2 Å². The van der Waals surface area contributed by atoms with E-state index in [-0.39, 0.29) is 35.5 Å². The lowest BCUT2D eigenvalue weighted by Gasteiger charge is -2.52. The summed E-state index contributed by atoms with van der Waals surface area (Å²) in [6.07, 6.45) is 4.28. The van der Waals surface area contributed by atoms with E-state index >= 15 is 4.39 Å². The molecule has 0 radical (unpaired) electrons. The smallest absolute Gasteiger partial charge is 0.246 e. The Kier molecular flexibility index (Phi) is 7.44. The van der Waals surface area contributed by atoms with Crippen molar-refractivity contribution in [3.8, 4) is 17.2 Å². The van der Waals surface area contributed by atoms with Gasteiger partial charge in [-0.15, -0.1) is 5.10 Å². The van der Waals surface area contributed by atoms with Crippen LogP contribution in [0.1, 0.15) is 43.4 Å². The first-order valence-corrected chi connectivity index (χ1v) is 16.1. The summed E-state index contributed by atoms with van der Waals surface area (Å²) in [5.41, 5.74) is 4.73. The maximum absolute atomic E-state index is 17.3. The zero-order valence-electron chi connectivity index (χ0n) is 27.1. The van der Waals surface area contributed by atoms with Crippen molar-refractivity contribution in [1.29, 1.82) is 5.26 Å². The van der Waals surface area contributed by atoms with Gasteiger partial charge < -0.3 is 14.7 Å². The number of aromatic amines is 1. The van der Waals surface area contributed by atoms with Gasteiger partial charge in [0.1, 0.15) is 11.0 Å². The van der Waals surface area contributed by atoms with Gasteiger partial charge in [0, 0.05) is 52.6 Å². The van der Waals surface area contributed by atoms with Crippen molar-refractivity contribution in [2.75, 3.05) is 38.6 Å². The average molecular weight is 655 g/mol. The molecule has 0 saturated carbocycles. The predicted molar refractivity (Wildman–Crippen MR) is 181 cm³/mol. The fourth-order valence-electron chi connectivity index (χ4n) is 7.34. The van der Waals surface area contributed by atoms with Gasteiger partial charge in [0.2, 0.25) is 5.91 Å². The molecule has 13 heteroatoms. The summed E-state index contributed by atoms with van der Waals surface area (Å²) in [4.78, 5) is 23.6. The number of hydrogen-bond donors (Lipinski definition) is 1. The van der Waals surface area contributed by atoms with Gasteiger partial charge in [-0.1, -0.05) is 23.4 Å². The summed E-state index contributed by atoms with van der Waals surface area (Å²) >= 11 is 6.65. The zero-order chi connectivity index (χ0) is 33.4. The van der Waals surface area contributed by atoms with Gasteiger partial charge in [0.15, 0.2) is 17.2 Å². The molecule has 3 aromatic heterocycles. The number of carbonyl (C=O) groups excluding carboxylic acids is 1. The molecular weight excluding hydrogens is 619 g/mol. The number of likely N-dealkylation sites (tertiary alicyclic amines) is 1. The summed E-state index contributed by atoms with van der Waals surface area (Å²) < 4.78 is 19.1. The van der Waals surface area contributed by atoms with Crippen LogP contribution >= 0.6 is 11.6 Å². The summed E-state index contributed by atoms with van der Waals surface area (Å²) in [5.74, 6) is -0.0663. The van der Waals surface area contributed by atoms with E-state index in [1.54, 1.807) is 17.2 Å². The molecule has 0 spiro atoms. The van der Waals surface area contributed by atoms with Crippen LogP contribution < -0.4 is 4.90 Å². The number of carbonyl (C=O) groups is 1. The average Bonchev–Trinajstić information content (AvgIpc) is 3.68. The molecule has 1 amide bonds. The third kappa shape index (κ3) is 4.74. The topological polar surface area (TPSA) is 123 Å². The van der Waals surface area contributed by atoms with Crippen molar-refractivity contribution in [2.45, 2.75) is 57.7 Å². The van der Waals surface area contributed by atoms with Crippen molar-refractivity contribution in [3.05, 3.63) is 53.0 Å². The summed E-state index contributed by atoms with van der Waals surface area (Å²) in [5, 5.41) is 28.0. The van der Waals surface area contributed by atoms with Crippen LogP contribution in [-0.2, 0) is 4.79 Å². The highest BCUT2D eigenvalue weighted by molar-refractivity contribution is 6.33. The quantitative estimate of drug-likeness (QED) is 0.231. The maximum Gasteiger partial charge on any atom is 0.246 e. The third-order valence-electron chi connectivity index (χ3n) is 10.3. The second-order valence-corrected chi connectivity index (χ2v) is 13.7. The molecule has 2 fully saturated rings. The van der Waals surface area contributed by atoms with E-state index in [0.717, 1.165) is 16.5 Å². The Morgan fingerprint density at radius 2 is 2.02 bits per heavy atom. The Balaban J connectivity index is 1.45. The lowest BCUT2D eigenvalue weighted by molar-refractivity contribution is -0.130. The van der Waals surface area contributed by atoms with Gasteiger partial charge in [-0.3, -0.25) is 9.89 Å². The number of fused-ring (bicyclic) bond motifs is 4. The fraction of sp³-hybridized carbons (Fsp3) is 0.412. The molecule has 2 aliphatic heterocycles. The van der Waals surface area contributed by atoms with Gasteiger partial charge in [0.25, 0.3) is 0 Å². The second kappa shape index (κ2) is 11.3. The van der Waals surface area contributed by atoms with Gasteiger partial charge in [0.05, 0.1) is 35.8 Å². The summed E-state index contributed by atoms with van der Waals surface area (Å²) in [6.45, 7) is 11.4. The van der Waals surface area contributed by atoms with E-state index in [1.165, 1.54) is 6.08 Å². The Hall–Kier alpha value is -4.60. The minimum absolute atomic E-state index is 0.0737. The lowest BCUT2D eigenvalue weighted by Crippen LogP contribution is -2.67. The number of aromatic nitrogens is 6. The number of nitrogens with zero attached hydrogens (tertiary/aromatic N) is 9. The SMILES string of the molecule is C=CC(=O)N1CC[C@H](n2nnc3c(N4CC(C)(N(C)C)C4)nc4c(F)c(-c5c(C)c(Cl)cc6[nH]ncc56)c(C)cc4c32)C[C@H]1CC#N. The number of amides is 1. The minimum atomic E-state index is -0.451. The van der Waals surface area contributed by atoms with Crippen LogP contribution in [0.25, 0.3) is 44.0 Å². The van der Waals surface area contributed by atoms with Gasteiger partial charge >= 0.3 is 0 Å². The largest absolute Gasteiger partial charge is 0.351 e. The zero-order valence-corrected chi connectivity index (χ0v) is 27.9. The molecule has 2 atom stereocenters. The first kappa shape index (κ1) is 31.0. The van der Waals surface area contributed by atoms with Gasteiger partial charge in [-0.25, -0.2) is 14.1 Å². The van der Waals surface area contributed by atoms with Crippen LogP contribution in [0.3, 0.4) is 0 Å². The van der Waals surface area contributed by atoms with Crippen molar-refractivity contribution in [2.24, 2.45) is 0 Å². The molecule has 2 aliphatic rings. The number of benzene rings is 2. The van der Waals surface area contributed by atoms with E-state index in [2.05, 4.69) is 64.0 Å². The molecule has 0 aliphatic carbocycles. The summed E-state index contributed by atoms with van der Waals surface area (Å²) in [6, 6.07) is 5.52. The van der Waals surface area contributed by atoms with E-state index in [1.807, 2.05) is 24.6 Å². The number of rotatable bonds is 6. The number of piperidine rings is 1. The van der Waals surface area contributed by atoms with Crippen LogP contribution in [0.5, 0.6) is 0 Å². The molecular formula is C34H36ClFN10O. The van der Waals surface area contributed by atoms with Crippen molar-refractivity contribution in [3.63, 3.8) is 0 Å². The monoisotopic (exact) mass is 654 g/mol. The second-order valence-electron chi connectivity index (χ2n) is 13.3. The molecule has 47 heavy (non-hydrogen) atoms. The normalized spacial score (nSPS) is 19.5. The number of aryl methyl sites for hydroxylation is 1. The number of nitriles is 1. The molecule has 0 bridgehead atoms. The van der Waals surface area contributed by atoms with Crippen molar-refractivity contribution in [1.82, 2.24) is 40.0 Å². The highest BCUT2D eigenvalue weighted by Crippen LogP contribution is 2.44. The molecule has 2 saturated heterocycles. The maximum atomic E-state index is 17.3. The molecule has 242 valence electrons. The number of nitrogens with one attached hydrogen (secondary N) is 1. The number of hydrogen-bond acceptors (Lipinski definition) is 8. The van der Waals surface area contributed by atoms with Crippen LogP contribution in [0.2, 0.25) is 5.02 Å². The Morgan fingerprint density at radius 1 is 1.26 bits per heavy atom. The highest BCUT2D eigenvalue weighted by Gasteiger charge is 2.43. The van der Waals surface area contributed by atoms with Crippen LogP contribution in [0, 0.1) is 31.0 Å². The minimum Gasteiger partial charge on any atom is -0.351 e. The Morgan fingerprint density at radius 3 is 2.72 bits per heavy atom. The van der Waals surface area contributed by atoms with Crippen molar-refractivity contribution >= 4 is 56.2 Å². The Bertz CT molecular complexity index is 2140. The van der Waals surface area contributed by atoms with Gasteiger partial charge in [-0.2, -0.15) is 10.4 Å². The number of anilines is 1. The van der Waals surface area contributed by atoms with E-state index < -0.39 is 5.82 Å². The van der Waals surface area contributed by atoms with Gasteiger partial charge in [-0.05, 0) is 77.0 Å². The molecule has 2 aromatic carbocycles. The van der Waals surface area contributed by atoms with E-state index in [9.17, 15) is 10.1 Å².